The van der Waals surface area contributed by atoms with Crippen molar-refractivity contribution < 1.29 is 0 Å². The van der Waals surface area contributed by atoms with Crippen molar-refractivity contribution in [3.8, 4) is 11.1 Å². The van der Waals surface area contributed by atoms with Crippen LogP contribution in [-0.4, -0.2) is 42.1 Å². The third-order valence-electron chi connectivity index (χ3n) is 5.32. The Bertz CT molecular complexity index is 946. The van der Waals surface area contributed by atoms with Crippen LogP contribution in [0.2, 0.25) is 0 Å². The molecule has 1 aliphatic rings. The number of allylic oxidation sites excluding steroid dienone is 1. The first kappa shape index (κ1) is 17.8. The monoisotopic (exact) mass is 360 g/mol. The van der Waals surface area contributed by atoms with Crippen LogP contribution in [0.3, 0.4) is 0 Å². The van der Waals surface area contributed by atoms with E-state index in [2.05, 4.69) is 70.7 Å². The second kappa shape index (κ2) is 7.97. The fraction of sp³-hybridized carbons (Fsp3) is 0.348. The van der Waals surface area contributed by atoms with Gasteiger partial charge in [0.15, 0.2) is 0 Å². The van der Waals surface area contributed by atoms with Gasteiger partial charge in [-0.3, -0.25) is 0 Å². The first-order valence-corrected chi connectivity index (χ1v) is 9.86. The molecular weight excluding hydrogens is 332 g/mol. The molecule has 4 rings (SSSR count). The van der Waals surface area contributed by atoms with Gasteiger partial charge in [0.1, 0.15) is 5.65 Å². The molecule has 0 bridgehead atoms. The highest BCUT2D eigenvalue weighted by molar-refractivity contribution is 5.93. The number of aromatic nitrogens is 2. The Hall–Kier alpha value is -2.59. The van der Waals surface area contributed by atoms with Gasteiger partial charge in [-0.1, -0.05) is 18.2 Å². The highest BCUT2D eigenvalue weighted by Gasteiger charge is 2.16. The molecule has 1 fully saturated rings. The van der Waals surface area contributed by atoms with Gasteiger partial charge in [0.2, 0.25) is 0 Å². The number of aromatic amines is 1. The van der Waals surface area contributed by atoms with Crippen molar-refractivity contribution in [3.63, 3.8) is 0 Å². The average molecular weight is 361 g/mol. The maximum atomic E-state index is 4.42. The minimum Gasteiger partial charge on any atom is -0.385 e. The number of rotatable bonds is 7. The third kappa shape index (κ3) is 3.91. The van der Waals surface area contributed by atoms with Crippen molar-refractivity contribution in [2.45, 2.75) is 25.7 Å². The predicted octanol–water partition coefficient (Wildman–Crippen LogP) is 4.67. The summed E-state index contributed by atoms with van der Waals surface area (Å²) in [5.74, 6) is 0. The molecule has 1 aromatic carbocycles. The molecule has 0 spiro atoms. The highest BCUT2D eigenvalue weighted by Crippen LogP contribution is 2.34. The largest absolute Gasteiger partial charge is 0.385 e. The molecular formula is C23H28N4. The number of nitrogens with zero attached hydrogens (tertiary/aromatic N) is 2. The van der Waals surface area contributed by atoms with E-state index in [0.717, 1.165) is 25.2 Å². The molecule has 0 amide bonds. The maximum absolute atomic E-state index is 4.42. The number of pyridine rings is 1. The van der Waals surface area contributed by atoms with Crippen LogP contribution in [0, 0.1) is 0 Å². The highest BCUT2D eigenvalue weighted by atomic mass is 15.1. The molecule has 0 radical (unpaired) electrons. The molecule has 140 valence electrons. The second-order valence-corrected chi connectivity index (χ2v) is 7.59. The minimum absolute atomic E-state index is 0.942. The Morgan fingerprint density at radius 2 is 2.07 bits per heavy atom. The number of nitrogens with one attached hydrogen (secondary N) is 2. The normalized spacial score (nSPS) is 13.8. The number of hydrogen-bond acceptors (Lipinski definition) is 3. The summed E-state index contributed by atoms with van der Waals surface area (Å²) < 4.78 is 0. The summed E-state index contributed by atoms with van der Waals surface area (Å²) in [4.78, 5) is 9.87. The summed E-state index contributed by atoms with van der Waals surface area (Å²) in [6.45, 7) is 2.12. The molecule has 0 atom stereocenters. The standard InChI is InChI=1S/C23H28N4/c1-27(2)15-5-12-24-22(17-6-3-7-17)19-9-4-8-18(16-19)20-10-13-25-23-21(20)11-14-26-23/h4,8-11,13-14,16,24H,3,5-7,12,15H2,1-2H3,(H,25,26). The Labute approximate surface area is 161 Å². The number of H-pyrrole nitrogens is 1. The smallest absolute Gasteiger partial charge is 0.137 e. The molecule has 0 aliphatic heterocycles. The zero-order chi connectivity index (χ0) is 18.6. The van der Waals surface area contributed by atoms with Gasteiger partial charge in [0.25, 0.3) is 0 Å². The Balaban J connectivity index is 1.62. The van der Waals surface area contributed by atoms with Crippen molar-refractivity contribution in [3.05, 3.63) is 59.9 Å². The van der Waals surface area contributed by atoms with E-state index >= 15 is 0 Å². The van der Waals surface area contributed by atoms with Crippen molar-refractivity contribution >= 4 is 16.7 Å². The Kier molecular flexibility index (Phi) is 5.26. The zero-order valence-corrected chi connectivity index (χ0v) is 16.3. The maximum Gasteiger partial charge on any atom is 0.137 e. The van der Waals surface area contributed by atoms with Crippen molar-refractivity contribution in [1.82, 2.24) is 20.2 Å². The lowest BCUT2D eigenvalue weighted by Crippen LogP contribution is -2.22. The van der Waals surface area contributed by atoms with Gasteiger partial charge < -0.3 is 15.2 Å². The minimum atomic E-state index is 0.942. The molecule has 4 nitrogen and oxygen atoms in total. The first-order valence-electron chi connectivity index (χ1n) is 9.86. The summed E-state index contributed by atoms with van der Waals surface area (Å²) in [7, 11) is 4.26. The van der Waals surface area contributed by atoms with E-state index in [1.54, 1.807) is 5.57 Å². The van der Waals surface area contributed by atoms with E-state index in [-0.39, 0.29) is 0 Å². The van der Waals surface area contributed by atoms with Gasteiger partial charge in [0.05, 0.1) is 0 Å². The lowest BCUT2D eigenvalue weighted by molar-refractivity contribution is 0.399. The number of benzene rings is 1. The third-order valence-corrected chi connectivity index (χ3v) is 5.32. The SMILES string of the molecule is CN(C)CCCNC(=C1CCC1)c1cccc(-c2ccnc3[nH]ccc23)c1. The van der Waals surface area contributed by atoms with E-state index in [1.807, 2.05) is 12.4 Å². The van der Waals surface area contributed by atoms with Crippen LogP contribution in [0.25, 0.3) is 27.9 Å². The second-order valence-electron chi connectivity index (χ2n) is 7.59. The van der Waals surface area contributed by atoms with E-state index in [4.69, 9.17) is 0 Å². The molecule has 1 aliphatic carbocycles. The van der Waals surface area contributed by atoms with Gasteiger partial charge in [0, 0.05) is 30.0 Å². The molecule has 2 aromatic heterocycles. The molecule has 0 unspecified atom stereocenters. The fourth-order valence-electron chi connectivity index (χ4n) is 3.70. The van der Waals surface area contributed by atoms with Gasteiger partial charge in [-0.2, -0.15) is 0 Å². The van der Waals surface area contributed by atoms with Gasteiger partial charge in [-0.05, 0) is 86.8 Å². The van der Waals surface area contributed by atoms with Crippen LogP contribution in [-0.2, 0) is 0 Å². The summed E-state index contributed by atoms with van der Waals surface area (Å²) >= 11 is 0. The Morgan fingerprint density at radius 1 is 1.19 bits per heavy atom. The first-order chi connectivity index (χ1) is 13.2. The van der Waals surface area contributed by atoms with Crippen LogP contribution >= 0.6 is 0 Å². The van der Waals surface area contributed by atoms with Crippen LogP contribution < -0.4 is 5.32 Å². The van der Waals surface area contributed by atoms with Crippen molar-refractivity contribution in [2.75, 3.05) is 27.2 Å². The number of fused-ring (bicyclic) bond motifs is 1. The van der Waals surface area contributed by atoms with Crippen molar-refractivity contribution in [2.24, 2.45) is 0 Å². The average Bonchev–Trinajstić information content (AvgIpc) is 3.11. The molecule has 0 saturated heterocycles. The lowest BCUT2D eigenvalue weighted by atomic mass is 9.87. The Morgan fingerprint density at radius 3 is 2.85 bits per heavy atom. The molecule has 2 N–H and O–H groups in total. The molecule has 1 saturated carbocycles. The van der Waals surface area contributed by atoms with E-state index in [0.29, 0.717) is 0 Å². The summed E-state index contributed by atoms with van der Waals surface area (Å²) in [5.41, 5.74) is 7.63. The van der Waals surface area contributed by atoms with Gasteiger partial charge in [-0.25, -0.2) is 4.98 Å². The van der Waals surface area contributed by atoms with E-state index < -0.39 is 0 Å². The summed E-state index contributed by atoms with van der Waals surface area (Å²) in [6, 6.07) is 13.1. The van der Waals surface area contributed by atoms with Gasteiger partial charge in [-0.15, -0.1) is 0 Å². The fourth-order valence-corrected chi connectivity index (χ4v) is 3.70. The quantitative estimate of drug-likeness (QED) is 0.602. The van der Waals surface area contributed by atoms with E-state index in [9.17, 15) is 0 Å². The van der Waals surface area contributed by atoms with Crippen LogP contribution in [0.5, 0.6) is 0 Å². The van der Waals surface area contributed by atoms with Crippen LogP contribution in [0.15, 0.2) is 54.4 Å². The predicted molar refractivity (Wildman–Crippen MR) is 113 cm³/mol. The summed E-state index contributed by atoms with van der Waals surface area (Å²) in [5, 5.41) is 4.91. The van der Waals surface area contributed by atoms with Crippen LogP contribution in [0.4, 0.5) is 0 Å². The number of hydrogen-bond donors (Lipinski definition) is 2. The molecule has 2 heterocycles. The van der Waals surface area contributed by atoms with Crippen molar-refractivity contribution in [1.29, 1.82) is 0 Å². The van der Waals surface area contributed by atoms with Gasteiger partial charge >= 0.3 is 0 Å². The zero-order valence-electron chi connectivity index (χ0n) is 16.3. The molecule has 3 aromatic rings. The van der Waals surface area contributed by atoms with E-state index in [1.165, 1.54) is 47.0 Å². The topological polar surface area (TPSA) is 44.0 Å². The molecule has 4 heteroatoms. The van der Waals surface area contributed by atoms with Crippen LogP contribution in [0.1, 0.15) is 31.2 Å². The lowest BCUT2D eigenvalue weighted by Gasteiger charge is -2.24. The molecule has 27 heavy (non-hydrogen) atoms. The summed E-state index contributed by atoms with van der Waals surface area (Å²) in [6.07, 6.45) is 8.74.